The minimum absolute atomic E-state index is 0.0308. The van der Waals surface area contributed by atoms with E-state index >= 15 is 0 Å². The number of furan rings is 1. The highest BCUT2D eigenvalue weighted by Crippen LogP contribution is 2.25. The first-order valence-corrected chi connectivity index (χ1v) is 5.02. The van der Waals surface area contributed by atoms with Crippen LogP contribution in [-0.4, -0.2) is 13.7 Å². The standard InChI is InChI=1S/C9H14BrNO2/c1-12-5-2-3-8(11)7-4-6-13-9(7)10/h4,6,8H,2-3,5,11H2,1H3. The molecule has 0 fully saturated rings. The van der Waals surface area contributed by atoms with E-state index in [-0.39, 0.29) is 6.04 Å². The molecule has 0 aliphatic heterocycles. The van der Waals surface area contributed by atoms with Gasteiger partial charge in [0.05, 0.1) is 6.26 Å². The maximum Gasteiger partial charge on any atom is 0.173 e. The molecule has 0 aliphatic carbocycles. The Morgan fingerprint density at radius 1 is 1.69 bits per heavy atom. The molecule has 0 amide bonds. The van der Waals surface area contributed by atoms with Crippen LogP contribution < -0.4 is 5.73 Å². The van der Waals surface area contributed by atoms with Crippen LogP contribution in [0.3, 0.4) is 0 Å². The van der Waals surface area contributed by atoms with Gasteiger partial charge in [-0.1, -0.05) is 0 Å². The number of hydrogen-bond donors (Lipinski definition) is 1. The fraction of sp³-hybridized carbons (Fsp3) is 0.556. The van der Waals surface area contributed by atoms with E-state index in [1.54, 1.807) is 13.4 Å². The molecule has 0 radical (unpaired) electrons. The van der Waals surface area contributed by atoms with E-state index in [1.807, 2.05) is 6.07 Å². The molecule has 1 atom stereocenters. The van der Waals surface area contributed by atoms with Gasteiger partial charge in [-0.2, -0.15) is 0 Å². The van der Waals surface area contributed by atoms with E-state index in [4.69, 9.17) is 14.9 Å². The van der Waals surface area contributed by atoms with Gasteiger partial charge >= 0.3 is 0 Å². The molecule has 0 saturated heterocycles. The molecule has 13 heavy (non-hydrogen) atoms. The molecule has 1 aromatic heterocycles. The lowest BCUT2D eigenvalue weighted by molar-refractivity contribution is 0.190. The van der Waals surface area contributed by atoms with Gasteiger partial charge in [-0.25, -0.2) is 0 Å². The number of nitrogens with two attached hydrogens (primary N) is 1. The first-order valence-electron chi connectivity index (χ1n) is 4.23. The molecule has 1 unspecified atom stereocenters. The van der Waals surface area contributed by atoms with Crippen molar-refractivity contribution in [1.29, 1.82) is 0 Å². The Bertz CT molecular complexity index is 250. The summed E-state index contributed by atoms with van der Waals surface area (Å²) < 4.78 is 10.8. The Morgan fingerprint density at radius 2 is 2.46 bits per heavy atom. The van der Waals surface area contributed by atoms with Crippen LogP contribution in [-0.2, 0) is 4.74 Å². The smallest absolute Gasteiger partial charge is 0.173 e. The molecule has 0 bridgehead atoms. The summed E-state index contributed by atoms with van der Waals surface area (Å²) in [6.45, 7) is 0.753. The first kappa shape index (κ1) is 10.8. The molecule has 4 heteroatoms. The zero-order valence-electron chi connectivity index (χ0n) is 7.63. The highest BCUT2D eigenvalue weighted by molar-refractivity contribution is 9.10. The van der Waals surface area contributed by atoms with Crippen molar-refractivity contribution < 1.29 is 9.15 Å². The van der Waals surface area contributed by atoms with Crippen molar-refractivity contribution in [2.45, 2.75) is 18.9 Å². The van der Waals surface area contributed by atoms with Gasteiger partial charge in [-0.15, -0.1) is 0 Å². The highest BCUT2D eigenvalue weighted by Gasteiger charge is 2.11. The summed E-state index contributed by atoms with van der Waals surface area (Å²) in [5.41, 5.74) is 6.96. The van der Waals surface area contributed by atoms with E-state index in [1.165, 1.54) is 0 Å². The fourth-order valence-electron chi connectivity index (χ4n) is 1.17. The minimum atomic E-state index is 0.0308. The summed E-state index contributed by atoms with van der Waals surface area (Å²) in [6, 6.07) is 1.92. The van der Waals surface area contributed by atoms with Crippen molar-refractivity contribution in [3.63, 3.8) is 0 Å². The van der Waals surface area contributed by atoms with E-state index < -0.39 is 0 Å². The summed E-state index contributed by atoms with van der Waals surface area (Å²) >= 11 is 3.30. The Kier molecular flexibility index (Phi) is 4.48. The monoisotopic (exact) mass is 247 g/mol. The average Bonchev–Trinajstić information content (AvgIpc) is 2.52. The lowest BCUT2D eigenvalue weighted by Gasteiger charge is -2.08. The van der Waals surface area contributed by atoms with Gasteiger partial charge in [0.1, 0.15) is 0 Å². The summed E-state index contributed by atoms with van der Waals surface area (Å²) in [6.07, 6.45) is 3.51. The largest absolute Gasteiger partial charge is 0.457 e. The van der Waals surface area contributed by atoms with E-state index in [0.29, 0.717) is 0 Å². The van der Waals surface area contributed by atoms with Gasteiger partial charge in [0.2, 0.25) is 0 Å². The molecule has 2 N–H and O–H groups in total. The summed E-state index contributed by atoms with van der Waals surface area (Å²) in [5.74, 6) is 0. The lowest BCUT2D eigenvalue weighted by atomic mass is 10.1. The van der Waals surface area contributed by atoms with Crippen LogP contribution >= 0.6 is 15.9 Å². The van der Waals surface area contributed by atoms with Crippen LogP contribution in [0.1, 0.15) is 24.4 Å². The number of hydrogen-bond acceptors (Lipinski definition) is 3. The third kappa shape index (κ3) is 3.14. The van der Waals surface area contributed by atoms with Gasteiger partial charge in [0.15, 0.2) is 4.67 Å². The first-order chi connectivity index (χ1) is 6.25. The molecule has 0 saturated carbocycles. The molecular formula is C9H14BrNO2. The molecule has 1 heterocycles. The maximum absolute atomic E-state index is 5.94. The molecule has 1 rings (SSSR count). The van der Waals surface area contributed by atoms with Crippen LogP contribution in [0.25, 0.3) is 0 Å². The highest BCUT2D eigenvalue weighted by atomic mass is 79.9. The Balaban J connectivity index is 2.39. The van der Waals surface area contributed by atoms with Crippen LogP contribution in [0.4, 0.5) is 0 Å². The molecular weight excluding hydrogens is 234 g/mol. The molecule has 74 valence electrons. The second-order valence-electron chi connectivity index (χ2n) is 2.89. The topological polar surface area (TPSA) is 48.4 Å². The Morgan fingerprint density at radius 3 is 3.00 bits per heavy atom. The molecule has 0 spiro atoms. The van der Waals surface area contributed by atoms with Crippen LogP contribution in [0.15, 0.2) is 21.4 Å². The van der Waals surface area contributed by atoms with Crippen molar-refractivity contribution in [1.82, 2.24) is 0 Å². The average molecular weight is 248 g/mol. The third-order valence-corrected chi connectivity index (χ3v) is 2.55. The van der Waals surface area contributed by atoms with Gasteiger partial charge < -0.3 is 14.9 Å². The zero-order chi connectivity index (χ0) is 9.68. The Hall–Kier alpha value is -0.320. The number of rotatable bonds is 5. The predicted molar refractivity (Wildman–Crippen MR) is 54.4 cm³/mol. The number of halogens is 1. The lowest BCUT2D eigenvalue weighted by Crippen LogP contribution is -2.10. The fourth-order valence-corrected chi connectivity index (χ4v) is 1.71. The normalized spacial score (nSPS) is 13.2. The van der Waals surface area contributed by atoms with Crippen molar-refractivity contribution in [3.05, 3.63) is 22.6 Å². The quantitative estimate of drug-likeness (QED) is 0.814. The van der Waals surface area contributed by atoms with Gasteiger partial charge in [-0.3, -0.25) is 0 Å². The van der Waals surface area contributed by atoms with Crippen molar-refractivity contribution in [3.8, 4) is 0 Å². The summed E-state index contributed by atoms with van der Waals surface area (Å²) in [5, 5.41) is 0. The van der Waals surface area contributed by atoms with Gasteiger partial charge in [0, 0.05) is 25.3 Å². The van der Waals surface area contributed by atoms with Gasteiger partial charge in [0.25, 0.3) is 0 Å². The minimum Gasteiger partial charge on any atom is -0.457 e. The van der Waals surface area contributed by atoms with E-state index in [9.17, 15) is 0 Å². The van der Waals surface area contributed by atoms with Crippen molar-refractivity contribution >= 4 is 15.9 Å². The number of ether oxygens (including phenoxy) is 1. The van der Waals surface area contributed by atoms with Crippen LogP contribution in [0.2, 0.25) is 0 Å². The second-order valence-corrected chi connectivity index (χ2v) is 3.61. The number of methoxy groups -OCH3 is 1. The predicted octanol–water partition coefficient (Wildman–Crippen LogP) is 2.47. The Labute approximate surface area is 86.4 Å². The van der Waals surface area contributed by atoms with Crippen LogP contribution in [0, 0.1) is 0 Å². The molecule has 3 nitrogen and oxygen atoms in total. The van der Waals surface area contributed by atoms with Crippen molar-refractivity contribution in [2.24, 2.45) is 5.73 Å². The van der Waals surface area contributed by atoms with Crippen molar-refractivity contribution in [2.75, 3.05) is 13.7 Å². The summed E-state index contributed by atoms with van der Waals surface area (Å²) in [7, 11) is 1.69. The zero-order valence-corrected chi connectivity index (χ0v) is 9.21. The van der Waals surface area contributed by atoms with E-state index in [2.05, 4.69) is 15.9 Å². The SMILES string of the molecule is COCCCC(N)c1ccoc1Br. The second kappa shape index (κ2) is 5.42. The summed E-state index contributed by atoms with van der Waals surface area (Å²) in [4.78, 5) is 0. The maximum atomic E-state index is 5.94. The third-order valence-electron chi connectivity index (χ3n) is 1.91. The molecule has 0 aliphatic rings. The van der Waals surface area contributed by atoms with Gasteiger partial charge in [-0.05, 0) is 34.8 Å². The molecule has 1 aromatic rings. The van der Waals surface area contributed by atoms with Crippen LogP contribution in [0.5, 0.6) is 0 Å². The van der Waals surface area contributed by atoms with E-state index in [0.717, 1.165) is 29.7 Å². The molecule has 0 aromatic carbocycles.